The number of aromatic nitrogens is 4. The van der Waals surface area contributed by atoms with E-state index in [1.165, 1.54) is 0 Å². The summed E-state index contributed by atoms with van der Waals surface area (Å²) in [5.74, 6) is 1.44. The summed E-state index contributed by atoms with van der Waals surface area (Å²) in [4.78, 5) is 8.81. The predicted molar refractivity (Wildman–Crippen MR) is 89.4 cm³/mol. The fourth-order valence-corrected chi connectivity index (χ4v) is 2.96. The van der Waals surface area contributed by atoms with Gasteiger partial charge in [-0.1, -0.05) is 6.07 Å². The predicted octanol–water partition coefficient (Wildman–Crippen LogP) is 2.20. The molecule has 1 fully saturated rings. The molecule has 0 atom stereocenters. The number of hydrogen-bond acceptors (Lipinski definition) is 5. The molecule has 0 spiro atoms. The maximum atomic E-state index is 4.68. The summed E-state index contributed by atoms with van der Waals surface area (Å²) in [7, 11) is 0. The Bertz CT molecular complexity index is 776. The van der Waals surface area contributed by atoms with Gasteiger partial charge in [0.2, 0.25) is 0 Å². The van der Waals surface area contributed by atoms with Crippen LogP contribution in [0.3, 0.4) is 0 Å². The van der Waals surface area contributed by atoms with E-state index in [0.717, 1.165) is 55.2 Å². The number of pyridine rings is 2. The molecule has 0 aromatic carbocycles. The Morgan fingerprint density at radius 2 is 2.13 bits per heavy atom. The molecular weight excluding hydrogens is 288 g/mol. The molecule has 1 aliphatic heterocycles. The normalized spacial score (nSPS) is 15.8. The monoisotopic (exact) mass is 308 g/mol. The first-order chi connectivity index (χ1) is 11.4. The second-order valence-electron chi connectivity index (χ2n) is 5.93. The minimum absolute atomic E-state index is 0.475. The average molecular weight is 308 g/mol. The number of rotatable bonds is 4. The second kappa shape index (κ2) is 6.34. The zero-order valence-electron chi connectivity index (χ0n) is 12.9. The highest BCUT2D eigenvalue weighted by molar-refractivity contribution is 5.49. The number of nitrogens with one attached hydrogen (secondary N) is 2. The van der Waals surface area contributed by atoms with Crippen LogP contribution in [0.2, 0.25) is 0 Å². The van der Waals surface area contributed by atoms with E-state index in [1.807, 2.05) is 35.1 Å². The van der Waals surface area contributed by atoms with Gasteiger partial charge in [-0.3, -0.25) is 4.98 Å². The fourth-order valence-electron chi connectivity index (χ4n) is 2.96. The Hall–Kier alpha value is -2.47. The molecule has 6 heteroatoms. The van der Waals surface area contributed by atoms with E-state index in [-0.39, 0.29) is 0 Å². The van der Waals surface area contributed by atoms with Crippen LogP contribution in [0.25, 0.3) is 5.65 Å². The van der Waals surface area contributed by atoms with Crippen LogP contribution in [0.5, 0.6) is 0 Å². The van der Waals surface area contributed by atoms with Crippen molar-refractivity contribution in [3.63, 3.8) is 0 Å². The third kappa shape index (κ3) is 3.17. The molecule has 0 saturated carbocycles. The van der Waals surface area contributed by atoms with Gasteiger partial charge >= 0.3 is 0 Å². The molecule has 6 nitrogen and oxygen atoms in total. The lowest BCUT2D eigenvalue weighted by atomic mass is 9.98. The molecule has 3 aromatic rings. The van der Waals surface area contributed by atoms with E-state index >= 15 is 0 Å². The zero-order chi connectivity index (χ0) is 15.5. The minimum Gasteiger partial charge on any atom is -0.380 e. The highest BCUT2D eigenvalue weighted by atomic mass is 15.3. The molecule has 1 aliphatic rings. The van der Waals surface area contributed by atoms with Gasteiger partial charge in [-0.25, -0.2) is 9.50 Å². The third-order valence-electron chi connectivity index (χ3n) is 4.27. The van der Waals surface area contributed by atoms with Crippen LogP contribution in [0.15, 0.2) is 42.9 Å². The van der Waals surface area contributed by atoms with Gasteiger partial charge in [0.1, 0.15) is 0 Å². The van der Waals surface area contributed by atoms with Crippen LogP contribution < -0.4 is 10.6 Å². The molecule has 0 radical (unpaired) electrons. The maximum Gasteiger partial charge on any atom is 0.155 e. The van der Waals surface area contributed by atoms with Crippen molar-refractivity contribution in [3.8, 4) is 0 Å². The highest BCUT2D eigenvalue weighted by Crippen LogP contribution is 2.23. The lowest BCUT2D eigenvalue weighted by Crippen LogP contribution is -2.27. The van der Waals surface area contributed by atoms with Crippen LogP contribution in [0.4, 0.5) is 5.69 Å². The van der Waals surface area contributed by atoms with E-state index in [2.05, 4.69) is 31.8 Å². The number of piperidine rings is 1. The smallest absolute Gasteiger partial charge is 0.155 e. The molecule has 118 valence electrons. The van der Waals surface area contributed by atoms with Crippen LogP contribution in [-0.4, -0.2) is 32.7 Å². The molecule has 3 aromatic heterocycles. The summed E-state index contributed by atoms with van der Waals surface area (Å²) in [5.41, 5.74) is 3.09. The van der Waals surface area contributed by atoms with Crippen molar-refractivity contribution < 1.29 is 0 Å². The Balaban J connectivity index is 1.51. The molecule has 0 bridgehead atoms. The first-order valence-corrected chi connectivity index (χ1v) is 8.08. The van der Waals surface area contributed by atoms with Crippen LogP contribution in [0, 0.1) is 0 Å². The topological polar surface area (TPSA) is 67.1 Å². The van der Waals surface area contributed by atoms with Gasteiger partial charge in [0.05, 0.1) is 11.9 Å². The van der Waals surface area contributed by atoms with Crippen molar-refractivity contribution in [2.24, 2.45) is 0 Å². The summed E-state index contributed by atoms with van der Waals surface area (Å²) in [6.45, 7) is 2.85. The third-order valence-corrected chi connectivity index (χ3v) is 4.27. The van der Waals surface area contributed by atoms with E-state index < -0.39 is 0 Å². The van der Waals surface area contributed by atoms with Crippen LogP contribution >= 0.6 is 0 Å². The first kappa shape index (κ1) is 14.1. The van der Waals surface area contributed by atoms with Crippen molar-refractivity contribution in [2.75, 3.05) is 18.4 Å². The Kier molecular flexibility index (Phi) is 3.90. The highest BCUT2D eigenvalue weighted by Gasteiger charge is 2.19. The molecule has 0 amide bonds. The van der Waals surface area contributed by atoms with Crippen molar-refractivity contribution in [1.82, 2.24) is 24.9 Å². The first-order valence-electron chi connectivity index (χ1n) is 8.08. The molecule has 0 unspecified atom stereocenters. The molecule has 2 N–H and O–H groups in total. The standard InChI is InChI=1S/C17H20N6/c1-2-13(10-19-7-1)11-20-15-3-4-16-21-17(22-23(16)12-15)14-5-8-18-9-6-14/h1-4,7,10,12,14,18,20H,5-6,8-9,11H2. The maximum absolute atomic E-state index is 4.68. The van der Waals surface area contributed by atoms with E-state index in [0.29, 0.717) is 5.92 Å². The van der Waals surface area contributed by atoms with Crippen molar-refractivity contribution in [3.05, 3.63) is 54.2 Å². The van der Waals surface area contributed by atoms with Crippen LogP contribution in [0.1, 0.15) is 30.1 Å². The number of anilines is 1. The van der Waals surface area contributed by atoms with Crippen molar-refractivity contribution in [2.45, 2.75) is 25.3 Å². The second-order valence-corrected chi connectivity index (χ2v) is 5.93. The van der Waals surface area contributed by atoms with Gasteiger partial charge in [-0.2, -0.15) is 5.10 Å². The Morgan fingerprint density at radius 3 is 2.96 bits per heavy atom. The Labute approximate surface area is 135 Å². The molecule has 0 aliphatic carbocycles. The molecule has 23 heavy (non-hydrogen) atoms. The van der Waals surface area contributed by atoms with Gasteiger partial charge in [-0.15, -0.1) is 0 Å². The Morgan fingerprint density at radius 1 is 1.22 bits per heavy atom. The summed E-state index contributed by atoms with van der Waals surface area (Å²) in [6.07, 6.45) is 7.89. The number of hydrogen-bond donors (Lipinski definition) is 2. The average Bonchev–Trinajstić information content (AvgIpc) is 3.05. The van der Waals surface area contributed by atoms with Gasteiger partial charge in [0.15, 0.2) is 11.5 Å². The lowest BCUT2D eigenvalue weighted by molar-refractivity contribution is 0.445. The summed E-state index contributed by atoms with van der Waals surface area (Å²) in [6, 6.07) is 8.07. The van der Waals surface area contributed by atoms with Gasteiger partial charge in [0, 0.05) is 24.9 Å². The number of nitrogens with zero attached hydrogens (tertiary/aromatic N) is 4. The minimum atomic E-state index is 0.475. The quantitative estimate of drug-likeness (QED) is 0.773. The summed E-state index contributed by atoms with van der Waals surface area (Å²) in [5, 5.41) is 11.5. The van der Waals surface area contributed by atoms with Crippen LogP contribution in [-0.2, 0) is 6.54 Å². The van der Waals surface area contributed by atoms with Gasteiger partial charge in [0.25, 0.3) is 0 Å². The SMILES string of the molecule is c1cncc(CNc2ccc3nc(C4CCNCC4)nn3c2)c1. The number of fused-ring (bicyclic) bond motifs is 1. The molecule has 4 heterocycles. The summed E-state index contributed by atoms with van der Waals surface area (Å²) < 4.78 is 1.88. The van der Waals surface area contributed by atoms with E-state index in [9.17, 15) is 0 Å². The molecule has 1 saturated heterocycles. The van der Waals surface area contributed by atoms with E-state index in [1.54, 1.807) is 6.20 Å². The van der Waals surface area contributed by atoms with Crippen molar-refractivity contribution >= 4 is 11.3 Å². The van der Waals surface area contributed by atoms with E-state index in [4.69, 9.17) is 0 Å². The fraction of sp³-hybridized carbons (Fsp3) is 0.353. The molecule has 4 rings (SSSR count). The van der Waals surface area contributed by atoms with Gasteiger partial charge < -0.3 is 10.6 Å². The summed E-state index contributed by atoms with van der Waals surface area (Å²) >= 11 is 0. The van der Waals surface area contributed by atoms with Crippen molar-refractivity contribution in [1.29, 1.82) is 0 Å². The zero-order valence-corrected chi connectivity index (χ0v) is 12.9. The van der Waals surface area contributed by atoms with Gasteiger partial charge in [-0.05, 0) is 49.7 Å². The largest absolute Gasteiger partial charge is 0.380 e. The molecular formula is C17H20N6. The lowest BCUT2D eigenvalue weighted by Gasteiger charge is -2.19.